The molecular weight excluding hydrogens is 436 g/mol. The molecule has 0 spiro atoms. The van der Waals surface area contributed by atoms with Gasteiger partial charge in [0.2, 0.25) is 11.8 Å². The van der Waals surface area contributed by atoms with Gasteiger partial charge in [0.15, 0.2) is 6.23 Å². The highest BCUT2D eigenvalue weighted by Gasteiger charge is 2.21. The maximum absolute atomic E-state index is 5.68. The zero-order valence-electron chi connectivity index (χ0n) is 22.7. The lowest BCUT2D eigenvalue weighted by molar-refractivity contribution is 0.0674. The first-order chi connectivity index (χ1) is 17.0. The Balaban J connectivity index is 0.00000145. The second-order valence-corrected chi connectivity index (χ2v) is 7.28. The Bertz CT molecular complexity index is 1010. The van der Waals surface area contributed by atoms with Crippen LogP contribution in [-0.4, -0.2) is 41.3 Å². The molecule has 0 saturated carbocycles. The molecule has 190 valence electrons. The number of aromatic nitrogens is 2. The summed E-state index contributed by atoms with van der Waals surface area (Å²) in [6, 6.07) is 8.20. The van der Waals surface area contributed by atoms with E-state index in [4.69, 9.17) is 14.5 Å². The molecule has 0 fully saturated rings. The number of nitrogens with zero attached hydrogens (tertiary/aromatic N) is 4. The summed E-state index contributed by atoms with van der Waals surface area (Å²) in [4.78, 5) is 9.36. The lowest BCUT2D eigenvalue weighted by Gasteiger charge is -2.16. The third kappa shape index (κ3) is 8.71. The van der Waals surface area contributed by atoms with Crippen molar-refractivity contribution < 1.29 is 9.47 Å². The molecule has 1 aromatic carbocycles. The number of ether oxygens (including phenoxy) is 2. The lowest BCUT2D eigenvalue weighted by Crippen LogP contribution is -2.23. The molecule has 1 aromatic heterocycles. The number of hydrogen-bond donors (Lipinski definition) is 0. The van der Waals surface area contributed by atoms with Crippen LogP contribution in [0.3, 0.4) is 0 Å². The number of hydrazone groups is 1. The molecule has 0 bridgehead atoms. The predicted molar refractivity (Wildman–Crippen MR) is 150 cm³/mol. The lowest BCUT2D eigenvalue weighted by atomic mass is 10.1. The van der Waals surface area contributed by atoms with Crippen LogP contribution < -0.4 is 4.74 Å². The van der Waals surface area contributed by atoms with Gasteiger partial charge in [-0.15, -0.1) is 5.10 Å². The molecule has 6 heteroatoms. The minimum Gasteiger partial charge on any atom is -0.479 e. The molecule has 0 amide bonds. The normalized spacial score (nSPS) is 14.6. The molecular formula is C29H42N4O2. The van der Waals surface area contributed by atoms with E-state index in [0.717, 1.165) is 47.7 Å². The number of unbranched alkanes of at least 4 members (excludes halogenated alkanes) is 1. The summed E-state index contributed by atoms with van der Waals surface area (Å²) in [5.41, 5.74) is 4.24. The maximum atomic E-state index is 5.68. The predicted octanol–water partition coefficient (Wildman–Crippen LogP) is 7.69. The quantitative estimate of drug-likeness (QED) is 0.346. The highest BCUT2D eigenvalue weighted by atomic mass is 16.5. The number of rotatable bonds is 9. The van der Waals surface area contributed by atoms with E-state index >= 15 is 0 Å². The second kappa shape index (κ2) is 16.3. The summed E-state index contributed by atoms with van der Waals surface area (Å²) >= 11 is 0. The van der Waals surface area contributed by atoms with Gasteiger partial charge in [-0.3, -0.25) is 5.01 Å². The SMILES string of the molecule is C=Cc1nc(-c2cccc(/C=C/CCCC3OC(C)=NN3C)c2)c(OC)nc1/C=C\C.CC.CC. The van der Waals surface area contributed by atoms with Crippen molar-refractivity contribution in [2.45, 2.75) is 67.0 Å². The van der Waals surface area contributed by atoms with Crippen LogP contribution in [0.25, 0.3) is 29.5 Å². The Morgan fingerprint density at radius 2 is 1.86 bits per heavy atom. The fourth-order valence-corrected chi connectivity index (χ4v) is 3.45. The Morgan fingerprint density at radius 3 is 2.46 bits per heavy atom. The number of methoxy groups -OCH3 is 1. The van der Waals surface area contributed by atoms with Gasteiger partial charge in [0, 0.05) is 26.0 Å². The van der Waals surface area contributed by atoms with E-state index in [-0.39, 0.29) is 6.23 Å². The second-order valence-electron chi connectivity index (χ2n) is 7.28. The van der Waals surface area contributed by atoms with Crippen LogP contribution in [-0.2, 0) is 4.74 Å². The summed E-state index contributed by atoms with van der Waals surface area (Å²) in [6.07, 6.45) is 12.9. The molecule has 0 saturated heterocycles. The Hall–Kier alpha value is -3.41. The van der Waals surface area contributed by atoms with Crippen molar-refractivity contribution in [1.82, 2.24) is 15.0 Å². The van der Waals surface area contributed by atoms with Crippen LogP contribution in [0.5, 0.6) is 5.88 Å². The van der Waals surface area contributed by atoms with Crippen LogP contribution in [0.15, 0.2) is 48.1 Å². The first-order valence-electron chi connectivity index (χ1n) is 12.5. The summed E-state index contributed by atoms with van der Waals surface area (Å²) in [5, 5.41) is 6.16. The van der Waals surface area contributed by atoms with Crippen molar-refractivity contribution in [2.75, 3.05) is 14.2 Å². The number of hydrogen-bond acceptors (Lipinski definition) is 6. The minimum absolute atomic E-state index is 0.0485. The van der Waals surface area contributed by atoms with Gasteiger partial charge in [-0.2, -0.15) is 0 Å². The van der Waals surface area contributed by atoms with Crippen LogP contribution in [0.2, 0.25) is 0 Å². The average Bonchev–Trinajstić information content (AvgIpc) is 3.22. The molecule has 35 heavy (non-hydrogen) atoms. The first kappa shape index (κ1) is 29.6. The van der Waals surface area contributed by atoms with E-state index in [2.05, 4.69) is 40.9 Å². The average molecular weight is 479 g/mol. The molecule has 0 N–H and O–H groups in total. The van der Waals surface area contributed by atoms with E-state index in [1.165, 1.54) is 0 Å². The number of allylic oxidation sites excluding steroid dienone is 2. The van der Waals surface area contributed by atoms with E-state index in [1.54, 1.807) is 13.2 Å². The fraction of sp³-hybridized carbons (Fsp3) is 0.414. The van der Waals surface area contributed by atoms with Gasteiger partial charge >= 0.3 is 0 Å². The van der Waals surface area contributed by atoms with Crippen molar-refractivity contribution in [3.8, 4) is 17.1 Å². The van der Waals surface area contributed by atoms with Crippen LogP contribution in [0, 0.1) is 0 Å². The Kier molecular flexibility index (Phi) is 13.8. The van der Waals surface area contributed by atoms with Crippen molar-refractivity contribution in [3.63, 3.8) is 0 Å². The third-order valence-electron chi connectivity index (χ3n) is 4.94. The van der Waals surface area contributed by atoms with Crippen molar-refractivity contribution >= 4 is 24.1 Å². The molecule has 2 aromatic rings. The summed E-state index contributed by atoms with van der Waals surface area (Å²) in [7, 11) is 3.56. The van der Waals surface area contributed by atoms with Gasteiger partial charge in [0.25, 0.3) is 0 Å². The summed E-state index contributed by atoms with van der Waals surface area (Å²) in [5.74, 6) is 1.23. The topological polar surface area (TPSA) is 59.8 Å². The molecule has 3 rings (SSSR count). The van der Waals surface area contributed by atoms with Gasteiger partial charge in [0.05, 0.1) is 18.5 Å². The number of benzene rings is 1. The van der Waals surface area contributed by atoms with E-state index in [9.17, 15) is 0 Å². The van der Waals surface area contributed by atoms with Crippen LogP contribution in [0.4, 0.5) is 0 Å². The van der Waals surface area contributed by atoms with Crippen LogP contribution >= 0.6 is 0 Å². The van der Waals surface area contributed by atoms with Gasteiger partial charge in [0.1, 0.15) is 5.69 Å². The van der Waals surface area contributed by atoms with E-state index < -0.39 is 0 Å². The van der Waals surface area contributed by atoms with Crippen LogP contribution in [0.1, 0.15) is 77.8 Å². The molecule has 1 aliphatic heterocycles. The zero-order valence-corrected chi connectivity index (χ0v) is 22.7. The largest absolute Gasteiger partial charge is 0.479 e. The van der Waals surface area contributed by atoms with Crippen molar-refractivity contribution in [3.05, 3.63) is 59.9 Å². The monoisotopic (exact) mass is 478 g/mol. The van der Waals surface area contributed by atoms with E-state index in [0.29, 0.717) is 11.6 Å². The molecule has 0 radical (unpaired) electrons. The summed E-state index contributed by atoms with van der Waals surface area (Å²) < 4.78 is 11.2. The van der Waals surface area contributed by atoms with E-state index in [1.807, 2.05) is 77.9 Å². The van der Waals surface area contributed by atoms with Gasteiger partial charge in [-0.05, 0) is 43.5 Å². The zero-order chi connectivity index (χ0) is 26.2. The van der Waals surface area contributed by atoms with Gasteiger partial charge in [-0.1, -0.05) is 70.7 Å². The van der Waals surface area contributed by atoms with Gasteiger partial charge < -0.3 is 9.47 Å². The highest BCUT2D eigenvalue weighted by Crippen LogP contribution is 2.29. The van der Waals surface area contributed by atoms with Crippen molar-refractivity contribution in [2.24, 2.45) is 5.10 Å². The smallest absolute Gasteiger partial charge is 0.240 e. The molecule has 0 aliphatic carbocycles. The molecule has 1 unspecified atom stereocenters. The molecule has 2 heterocycles. The Morgan fingerprint density at radius 1 is 1.11 bits per heavy atom. The first-order valence-corrected chi connectivity index (χ1v) is 12.5. The Labute approximate surface area is 212 Å². The molecule has 6 nitrogen and oxygen atoms in total. The third-order valence-corrected chi connectivity index (χ3v) is 4.94. The standard InChI is InChI=1S/C25H30N4O2.2C2H6/c1-6-12-22-21(7-2)26-24(25(27-22)30-5)20-15-11-14-19(17-20)13-9-8-10-16-23-29(4)28-18(3)31-23;2*1-2/h6-7,9,11-15,17,23H,2,8,10,16H2,1,3-5H3;2*1-2H3/b12-6-,13-9+;;. The molecule has 1 atom stereocenters. The highest BCUT2D eigenvalue weighted by molar-refractivity contribution is 5.74. The summed E-state index contributed by atoms with van der Waals surface area (Å²) in [6.45, 7) is 15.7. The maximum Gasteiger partial charge on any atom is 0.240 e. The molecule has 1 aliphatic rings. The minimum atomic E-state index is 0.0485. The van der Waals surface area contributed by atoms with Gasteiger partial charge in [-0.25, -0.2) is 9.97 Å². The fourth-order valence-electron chi connectivity index (χ4n) is 3.45. The van der Waals surface area contributed by atoms with Crippen molar-refractivity contribution in [1.29, 1.82) is 0 Å².